The van der Waals surface area contributed by atoms with E-state index in [4.69, 9.17) is 9.47 Å². The fourth-order valence-electron chi connectivity index (χ4n) is 2.98. The van der Waals surface area contributed by atoms with Gasteiger partial charge < -0.3 is 18.8 Å². The molecule has 2 aromatic carbocycles. The van der Waals surface area contributed by atoms with E-state index in [0.717, 1.165) is 40.5 Å². The van der Waals surface area contributed by atoms with Gasteiger partial charge in [-0.1, -0.05) is 30.3 Å². The molecular formula is C21H21N5O2S. The highest BCUT2D eigenvalue weighted by Crippen LogP contribution is 2.33. The number of nitrogens with zero attached hydrogens (tertiary/aromatic N) is 4. The lowest BCUT2D eigenvalue weighted by Gasteiger charge is -2.11. The van der Waals surface area contributed by atoms with Crippen LogP contribution in [0.2, 0.25) is 0 Å². The first kappa shape index (κ1) is 19.1. The van der Waals surface area contributed by atoms with E-state index in [2.05, 4.69) is 43.9 Å². The number of hydrogen-bond acceptors (Lipinski definition) is 7. The molecule has 2 aromatic heterocycles. The molecule has 0 radical (unpaired) electrons. The molecule has 0 atom stereocenters. The van der Waals surface area contributed by atoms with E-state index in [1.165, 1.54) is 17.5 Å². The largest absolute Gasteiger partial charge is 0.497 e. The smallest absolute Gasteiger partial charge is 0.167 e. The Kier molecular flexibility index (Phi) is 5.81. The highest BCUT2D eigenvalue weighted by Gasteiger charge is 2.12. The second-order valence-corrected chi connectivity index (χ2v) is 7.14. The summed E-state index contributed by atoms with van der Waals surface area (Å²) in [4.78, 5) is 14.2. The van der Waals surface area contributed by atoms with Gasteiger partial charge in [-0.25, -0.2) is 15.0 Å². The number of nitrogens with one attached hydrogen (secondary N) is 1. The minimum Gasteiger partial charge on any atom is -0.497 e. The number of aromatic nitrogens is 4. The van der Waals surface area contributed by atoms with Crippen molar-refractivity contribution >= 4 is 28.9 Å². The Balaban J connectivity index is 1.51. The number of rotatable bonds is 8. The van der Waals surface area contributed by atoms with Crippen LogP contribution in [0, 0.1) is 0 Å². The number of fused-ring (bicyclic) bond motifs is 1. The maximum Gasteiger partial charge on any atom is 0.167 e. The fraction of sp³-hybridized carbons (Fsp3) is 0.190. The number of methoxy groups -OCH3 is 2. The molecular weight excluding hydrogens is 386 g/mol. The molecule has 7 nitrogen and oxygen atoms in total. The molecule has 1 N–H and O–H groups in total. The molecule has 0 unspecified atom stereocenters. The van der Waals surface area contributed by atoms with Gasteiger partial charge in [-0.15, -0.1) is 0 Å². The van der Waals surface area contributed by atoms with Crippen LogP contribution in [0.25, 0.3) is 11.2 Å². The van der Waals surface area contributed by atoms with E-state index in [0.29, 0.717) is 5.82 Å². The summed E-state index contributed by atoms with van der Waals surface area (Å²) in [6.07, 6.45) is 4.28. The predicted octanol–water partition coefficient (Wildman–Crippen LogP) is 4.21. The van der Waals surface area contributed by atoms with Crippen molar-refractivity contribution < 1.29 is 9.47 Å². The summed E-state index contributed by atoms with van der Waals surface area (Å²) < 4.78 is 16.0. The Labute approximate surface area is 173 Å². The maximum absolute atomic E-state index is 5.45. The molecule has 4 aromatic rings. The van der Waals surface area contributed by atoms with Crippen molar-refractivity contribution in [3.63, 3.8) is 0 Å². The Morgan fingerprint density at radius 1 is 1.00 bits per heavy atom. The summed E-state index contributed by atoms with van der Waals surface area (Å²) in [7, 11) is 3.27. The molecule has 29 heavy (non-hydrogen) atoms. The van der Waals surface area contributed by atoms with Crippen LogP contribution >= 0.6 is 11.9 Å². The molecule has 4 rings (SSSR count). The Morgan fingerprint density at radius 3 is 2.66 bits per heavy atom. The number of aryl methyl sites for hydroxylation is 2. The molecule has 148 valence electrons. The van der Waals surface area contributed by atoms with Crippen molar-refractivity contribution in [3.05, 3.63) is 66.7 Å². The second kappa shape index (κ2) is 8.83. The fourth-order valence-corrected chi connectivity index (χ4v) is 3.71. The van der Waals surface area contributed by atoms with Gasteiger partial charge in [0.1, 0.15) is 17.8 Å². The average molecular weight is 407 g/mol. The van der Waals surface area contributed by atoms with E-state index >= 15 is 0 Å². The van der Waals surface area contributed by atoms with E-state index in [-0.39, 0.29) is 0 Å². The number of anilines is 1. The number of benzene rings is 2. The van der Waals surface area contributed by atoms with Gasteiger partial charge in [-0.2, -0.15) is 0 Å². The van der Waals surface area contributed by atoms with Gasteiger partial charge in [0.15, 0.2) is 17.0 Å². The zero-order valence-corrected chi connectivity index (χ0v) is 17.0. The summed E-state index contributed by atoms with van der Waals surface area (Å²) >= 11 is 1.41. The summed E-state index contributed by atoms with van der Waals surface area (Å²) in [6.45, 7) is 0.802. The van der Waals surface area contributed by atoms with Crippen LogP contribution in [-0.2, 0) is 13.0 Å². The number of imidazole rings is 1. The van der Waals surface area contributed by atoms with Gasteiger partial charge in [0, 0.05) is 12.6 Å². The standard InChI is InChI=1S/C21H21N5O2S/c1-27-16-8-9-18(17(12-16)28-2)29-25-20-19-21(23-13-22-20)26(14-24-19)11-10-15-6-4-3-5-7-15/h3-9,12-14H,10-11H2,1-2H3,(H,22,23,25). The average Bonchev–Trinajstić information content (AvgIpc) is 3.20. The van der Waals surface area contributed by atoms with E-state index in [1.807, 2.05) is 35.2 Å². The van der Waals surface area contributed by atoms with Gasteiger partial charge >= 0.3 is 0 Å². The van der Waals surface area contributed by atoms with Crippen molar-refractivity contribution in [2.75, 3.05) is 18.9 Å². The van der Waals surface area contributed by atoms with Crippen molar-refractivity contribution in [3.8, 4) is 11.5 Å². The van der Waals surface area contributed by atoms with Crippen molar-refractivity contribution in [1.29, 1.82) is 0 Å². The predicted molar refractivity (Wildman–Crippen MR) is 114 cm³/mol. The molecule has 0 aliphatic carbocycles. The van der Waals surface area contributed by atoms with E-state index in [1.54, 1.807) is 20.5 Å². The molecule has 0 amide bonds. The summed E-state index contributed by atoms with van der Waals surface area (Å²) in [5.41, 5.74) is 2.82. The third-order valence-corrected chi connectivity index (χ3v) is 5.37. The number of ether oxygens (including phenoxy) is 2. The molecule has 0 aliphatic heterocycles. The zero-order chi connectivity index (χ0) is 20.1. The summed E-state index contributed by atoms with van der Waals surface area (Å²) in [5.74, 6) is 2.13. The van der Waals surface area contributed by atoms with Gasteiger partial charge in [-0.3, -0.25) is 0 Å². The van der Waals surface area contributed by atoms with Gasteiger partial charge in [0.05, 0.1) is 25.4 Å². The highest BCUT2D eigenvalue weighted by molar-refractivity contribution is 8.00. The van der Waals surface area contributed by atoms with Crippen LogP contribution in [0.5, 0.6) is 11.5 Å². The van der Waals surface area contributed by atoms with Crippen LogP contribution in [-0.4, -0.2) is 33.7 Å². The Hall–Kier alpha value is -3.26. The second-order valence-electron chi connectivity index (χ2n) is 6.29. The lowest BCUT2D eigenvalue weighted by Crippen LogP contribution is -2.02. The third-order valence-electron chi connectivity index (χ3n) is 4.51. The lowest BCUT2D eigenvalue weighted by atomic mass is 10.1. The molecule has 0 saturated heterocycles. The normalized spacial score (nSPS) is 10.8. The van der Waals surface area contributed by atoms with Crippen molar-refractivity contribution in [2.45, 2.75) is 17.9 Å². The molecule has 0 aliphatic rings. The number of hydrogen-bond donors (Lipinski definition) is 1. The molecule has 8 heteroatoms. The van der Waals surface area contributed by atoms with Crippen LogP contribution in [0.1, 0.15) is 5.56 Å². The quantitative estimate of drug-likeness (QED) is 0.439. The minimum atomic E-state index is 0.663. The van der Waals surface area contributed by atoms with Crippen LogP contribution in [0.15, 0.2) is 66.1 Å². The van der Waals surface area contributed by atoms with Crippen LogP contribution < -0.4 is 14.2 Å². The molecule has 0 saturated carbocycles. The first-order chi connectivity index (χ1) is 14.3. The zero-order valence-electron chi connectivity index (χ0n) is 16.2. The molecule has 0 spiro atoms. The first-order valence-corrected chi connectivity index (χ1v) is 9.95. The topological polar surface area (TPSA) is 74.1 Å². The van der Waals surface area contributed by atoms with Crippen LogP contribution in [0.4, 0.5) is 5.82 Å². The summed E-state index contributed by atoms with van der Waals surface area (Å²) in [6, 6.07) is 16.0. The van der Waals surface area contributed by atoms with Gasteiger partial charge in [-0.05, 0) is 36.1 Å². The SMILES string of the molecule is COc1ccc(SNc2ncnc3c2ncn3CCc2ccccc2)c(OC)c1. The Bertz CT molecular complexity index is 1100. The van der Waals surface area contributed by atoms with Crippen LogP contribution in [0.3, 0.4) is 0 Å². The van der Waals surface area contributed by atoms with Crippen molar-refractivity contribution in [2.24, 2.45) is 0 Å². The maximum atomic E-state index is 5.45. The van der Waals surface area contributed by atoms with Gasteiger partial charge in [0.25, 0.3) is 0 Å². The highest BCUT2D eigenvalue weighted by atomic mass is 32.2. The molecule has 0 fully saturated rings. The first-order valence-electron chi connectivity index (χ1n) is 9.13. The minimum absolute atomic E-state index is 0.663. The monoisotopic (exact) mass is 407 g/mol. The van der Waals surface area contributed by atoms with Gasteiger partial charge in [0.2, 0.25) is 0 Å². The third kappa shape index (κ3) is 4.27. The Morgan fingerprint density at radius 2 is 1.86 bits per heavy atom. The molecule has 2 heterocycles. The van der Waals surface area contributed by atoms with E-state index < -0.39 is 0 Å². The molecule has 0 bridgehead atoms. The van der Waals surface area contributed by atoms with Crippen molar-refractivity contribution in [1.82, 2.24) is 19.5 Å². The van der Waals surface area contributed by atoms with E-state index in [9.17, 15) is 0 Å². The summed E-state index contributed by atoms with van der Waals surface area (Å²) in [5, 5.41) is 0. The lowest BCUT2D eigenvalue weighted by molar-refractivity contribution is 0.387.